The van der Waals surface area contributed by atoms with Gasteiger partial charge in [-0.2, -0.15) is 0 Å². The van der Waals surface area contributed by atoms with E-state index in [0.717, 1.165) is 12.2 Å². The van der Waals surface area contributed by atoms with Crippen molar-refractivity contribution >= 4 is 17.0 Å². The van der Waals surface area contributed by atoms with Crippen molar-refractivity contribution in [3.63, 3.8) is 0 Å². The monoisotopic (exact) mass is 220 g/mol. The van der Waals surface area contributed by atoms with E-state index in [9.17, 15) is 4.79 Å². The Morgan fingerprint density at radius 1 is 1.56 bits per heavy atom. The van der Waals surface area contributed by atoms with Gasteiger partial charge in [0.1, 0.15) is 22.6 Å². The normalized spacial score (nSPS) is 10.6. The molecule has 84 valence electrons. The lowest BCUT2D eigenvalue weighted by Crippen LogP contribution is -1.98. The molecule has 1 aromatic heterocycles. The van der Waals surface area contributed by atoms with Gasteiger partial charge in [0.25, 0.3) is 0 Å². The van der Waals surface area contributed by atoms with E-state index < -0.39 is 5.97 Å². The van der Waals surface area contributed by atoms with Crippen molar-refractivity contribution in [1.82, 2.24) is 9.97 Å². The maximum atomic E-state index is 11.0. The minimum absolute atomic E-state index is 0.187. The third kappa shape index (κ3) is 1.50. The summed E-state index contributed by atoms with van der Waals surface area (Å²) in [6.45, 7) is 1.95. The van der Waals surface area contributed by atoms with Gasteiger partial charge in [0.2, 0.25) is 0 Å². The molecular weight excluding hydrogens is 208 g/mol. The predicted molar refractivity (Wildman–Crippen MR) is 59.0 cm³/mol. The van der Waals surface area contributed by atoms with Crippen molar-refractivity contribution in [2.75, 3.05) is 7.11 Å². The molecule has 0 aliphatic rings. The smallest absolute Gasteiger partial charge is 0.337 e. The van der Waals surface area contributed by atoms with Gasteiger partial charge >= 0.3 is 5.97 Å². The lowest BCUT2D eigenvalue weighted by Gasteiger charge is -2.02. The van der Waals surface area contributed by atoms with E-state index in [1.54, 1.807) is 13.2 Å². The summed E-state index contributed by atoms with van der Waals surface area (Å²) in [5, 5.41) is 9.03. The molecule has 0 amide bonds. The number of carbonyl (C=O) groups is 1. The average molecular weight is 220 g/mol. The second-order valence-electron chi connectivity index (χ2n) is 3.38. The number of methoxy groups -OCH3 is 1. The van der Waals surface area contributed by atoms with Crippen LogP contribution >= 0.6 is 0 Å². The first-order valence-corrected chi connectivity index (χ1v) is 4.96. The zero-order valence-corrected chi connectivity index (χ0v) is 9.07. The molecule has 0 fully saturated rings. The maximum absolute atomic E-state index is 11.0. The van der Waals surface area contributed by atoms with Crippen LogP contribution in [0.2, 0.25) is 0 Å². The Balaban J connectivity index is 2.77. The van der Waals surface area contributed by atoms with E-state index in [1.807, 2.05) is 6.92 Å². The summed E-state index contributed by atoms with van der Waals surface area (Å²) in [7, 11) is 1.54. The fourth-order valence-electron chi connectivity index (χ4n) is 1.63. The number of aryl methyl sites for hydroxylation is 1. The minimum atomic E-state index is -0.984. The van der Waals surface area contributed by atoms with Crippen molar-refractivity contribution in [2.24, 2.45) is 0 Å². The summed E-state index contributed by atoms with van der Waals surface area (Å²) >= 11 is 0. The minimum Gasteiger partial charge on any atom is -0.494 e. The highest BCUT2D eigenvalue weighted by atomic mass is 16.5. The van der Waals surface area contributed by atoms with Gasteiger partial charge < -0.3 is 14.8 Å². The van der Waals surface area contributed by atoms with E-state index in [1.165, 1.54) is 6.07 Å². The molecule has 2 N–H and O–H groups in total. The van der Waals surface area contributed by atoms with Crippen LogP contribution in [0.3, 0.4) is 0 Å². The fourth-order valence-corrected chi connectivity index (χ4v) is 1.63. The average Bonchev–Trinajstić information content (AvgIpc) is 2.70. The molecule has 0 saturated heterocycles. The van der Waals surface area contributed by atoms with E-state index in [-0.39, 0.29) is 5.56 Å². The summed E-state index contributed by atoms with van der Waals surface area (Å²) in [5.41, 5.74) is 1.27. The number of ether oxygens (including phenoxy) is 1. The van der Waals surface area contributed by atoms with Crippen LogP contribution < -0.4 is 4.74 Å². The van der Waals surface area contributed by atoms with Gasteiger partial charge in [-0.15, -0.1) is 0 Å². The molecule has 1 heterocycles. The van der Waals surface area contributed by atoms with Crippen LogP contribution in [0, 0.1) is 0 Å². The van der Waals surface area contributed by atoms with E-state index in [4.69, 9.17) is 9.84 Å². The van der Waals surface area contributed by atoms with Crippen LogP contribution in [0.5, 0.6) is 5.75 Å². The van der Waals surface area contributed by atoms with Crippen molar-refractivity contribution in [3.05, 3.63) is 23.5 Å². The van der Waals surface area contributed by atoms with Gasteiger partial charge in [-0.1, -0.05) is 6.92 Å². The lowest BCUT2D eigenvalue weighted by atomic mass is 10.2. The van der Waals surface area contributed by atoms with Crippen molar-refractivity contribution in [3.8, 4) is 5.75 Å². The number of imidazole rings is 1. The Bertz CT molecular complexity index is 545. The van der Waals surface area contributed by atoms with Crippen LogP contribution in [-0.2, 0) is 6.42 Å². The summed E-state index contributed by atoms with van der Waals surface area (Å²) < 4.78 is 5.16. The van der Waals surface area contributed by atoms with Gasteiger partial charge in [0.15, 0.2) is 0 Å². The Kier molecular flexibility index (Phi) is 2.52. The molecule has 0 spiro atoms. The largest absolute Gasteiger partial charge is 0.494 e. The zero-order valence-electron chi connectivity index (χ0n) is 9.07. The Morgan fingerprint density at radius 2 is 2.31 bits per heavy atom. The number of fused-ring (bicyclic) bond motifs is 1. The molecule has 0 atom stereocenters. The number of H-pyrrole nitrogens is 1. The number of benzene rings is 1. The number of aromatic nitrogens is 2. The number of aromatic carboxylic acids is 1. The lowest BCUT2D eigenvalue weighted by molar-refractivity contribution is 0.0699. The molecule has 0 saturated carbocycles. The highest BCUT2D eigenvalue weighted by Gasteiger charge is 2.15. The molecule has 0 aliphatic carbocycles. The number of aromatic amines is 1. The van der Waals surface area contributed by atoms with Crippen LogP contribution in [0.1, 0.15) is 23.1 Å². The van der Waals surface area contributed by atoms with Gasteiger partial charge in [0.05, 0.1) is 12.7 Å². The molecule has 0 radical (unpaired) electrons. The standard InChI is InChI=1S/C11H12N2O3/c1-3-8-12-9-6(11(14)15)4-5-7(16-2)10(9)13-8/h4-5H,3H2,1-2H3,(H,12,13)(H,14,15). The number of carboxylic acids is 1. The van der Waals surface area contributed by atoms with Crippen molar-refractivity contribution < 1.29 is 14.6 Å². The molecule has 16 heavy (non-hydrogen) atoms. The maximum Gasteiger partial charge on any atom is 0.337 e. The number of rotatable bonds is 3. The summed E-state index contributed by atoms with van der Waals surface area (Å²) in [5.74, 6) is 0.371. The quantitative estimate of drug-likeness (QED) is 0.827. The number of nitrogens with zero attached hydrogens (tertiary/aromatic N) is 1. The topological polar surface area (TPSA) is 75.2 Å². The molecule has 5 heteroatoms. The summed E-state index contributed by atoms with van der Waals surface area (Å²) in [6.07, 6.45) is 0.719. The predicted octanol–water partition coefficient (Wildman–Crippen LogP) is 1.83. The third-order valence-corrected chi connectivity index (χ3v) is 2.44. The molecule has 1 aromatic carbocycles. The SMILES string of the molecule is CCc1nc2c(C(=O)O)ccc(OC)c2[nH]1. The van der Waals surface area contributed by atoms with Gasteiger partial charge in [-0.05, 0) is 12.1 Å². The number of carboxylic acid groups (broad SMARTS) is 1. The van der Waals surface area contributed by atoms with Crippen LogP contribution in [-0.4, -0.2) is 28.2 Å². The Morgan fingerprint density at radius 3 is 2.88 bits per heavy atom. The van der Waals surface area contributed by atoms with Crippen molar-refractivity contribution in [2.45, 2.75) is 13.3 Å². The molecular formula is C11H12N2O3. The summed E-state index contributed by atoms with van der Waals surface area (Å²) in [4.78, 5) is 18.3. The van der Waals surface area contributed by atoms with E-state index in [2.05, 4.69) is 9.97 Å². The van der Waals surface area contributed by atoms with E-state index >= 15 is 0 Å². The zero-order chi connectivity index (χ0) is 11.7. The van der Waals surface area contributed by atoms with E-state index in [0.29, 0.717) is 16.8 Å². The van der Waals surface area contributed by atoms with Gasteiger partial charge in [-0.25, -0.2) is 9.78 Å². The van der Waals surface area contributed by atoms with Crippen LogP contribution in [0.15, 0.2) is 12.1 Å². The van der Waals surface area contributed by atoms with Crippen LogP contribution in [0.4, 0.5) is 0 Å². The van der Waals surface area contributed by atoms with Crippen LogP contribution in [0.25, 0.3) is 11.0 Å². The molecule has 2 rings (SSSR count). The molecule has 0 aliphatic heterocycles. The Labute approximate surface area is 92.1 Å². The van der Waals surface area contributed by atoms with Gasteiger partial charge in [0, 0.05) is 6.42 Å². The van der Waals surface area contributed by atoms with Crippen molar-refractivity contribution in [1.29, 1.82) is 0 Å². The molecule has 0 unspecified atom stereocenters. The molecule has 2 aromatic rings. The van der Waals surface area contributed by atoms with Gasteiger partial charge in [-0.3, -0.25) is 0 Å². The first-order chi connectivity index (χ1) is 7.67. The number of hydrogen-bond donors (Lipinski definition) is 2. The first-order valence-electron chi connectivity index (χ1n) is 4.96. The second kappa shape index (κ2) is 3.84. The third-order valence-electron chi connectivity index (χ3n) is 2.44. The molecule has 0 bridgehead atoms. The molecule has 5 nitrogen and oxygen atoms in total. The highest BCUT2D eigenvalue weighted by molar-refractivity contribution is 6.02. The summed E-state index contributed by atoms with van der Waals surface area (Å²) in [6, 6.07) is 3.13. The second-order valence-corrected chi connectivity index (χ2v) is 3.38. The number of nitrogens with one attached hydrogen (secondary N) is 1. The Hall–Kier alpha value is -2.04. The fraction of sp³-hybridized carbons (Fsp3) is 0.273. The highest BCUT2D eigenvalue weighted by Crippen LogP contribution is 2.26. The first kappa shape index (κ1) is 10.5. The number of hydrogen-bond acceptors (Lipinski definition) is 3.